The van der Waals surface area contributed by atoms with Crippen LogP contribution in [0.1, 0.15) is 32.1 Å². The maximum Gasteiger partial charge on any atom is 0.306 e. The summed E-state index contributed by atoms with van der Waals surface area (Å²) in [5.41, 5.74) is 5.36. The summed E-state index contributed by atoms with van der Waals surface area (Å²) in [6.45, 7) is 7.15. The van der Waals surface area contributed by atoms with Crippen LogP contribution >= 0.6 is 0 Å². The van der Waals surface area contributed by atoms with Gasteiger partial charge >= 0.3 is 6.01 Å². The maximum atomic E-state index is 6.45. The molecule has 4 aromatic carbocycles. The minimum atomic E-state index is -0.134. The second kappa shape index (κ2) is 9.59. The summed E-state index contributed by atoms with van der Waals surface area (Å²) in [4.78, 5) is 9.16. The number of benzene rings is 4. The predicted molar refractivity (Wildman–Crippen MR) is 166 cm³/mol. The Bertz CT molecular complexity index is 1910. The van der Waals surface area contributed by atoms with Crippen molar-refractivity contribution in [2.45, 2.75) is 26.2 Å². The number of hydrogen-bond acceptors (Lipinski definition) is 5. The zero-order valence-corrected chi connectivity index (χ0v) is 23.7. The fraction of sp³-hybridized carbons (Fsp3) is 0.171. The first-order valence-electron chi connectivity index (χ1n) is 13.9. The highest BCUT2D eigenvalue weighted by Gasteiger charge is 2.23. The third-order valence-electron chi connectivity index (χ3n) is 7.58. The second-order valence-corrected chi connectivity index (χ2v) is 11.6. The van der Waals surface area contributed by atoms with Gasteiger partial charge in [-0.15, -0.1) is 0 Å². The fourth-order valence-corrected chi connectivity index (χ4v) is 5.45. The van der Waals surface area contributed by atoms with Crippen LogP contribution < -0.4 is 9.64 Å². The van der Waals surface area contributed by atoms with Crippen LogP contribution in [0, 0.1) is 0 Å². The first-order valence-corrected chi connectivity index (χ1v) is 13.9. The van der Waals surface area contributed by atoms with Crippen LogP contribution in [0.3, 0.4) is 0 Å². The molecule has 6 heteroatoms. The third-order valence-corrected chi connectivity index (χ3v) is 7.58. The summed E-state index contributed by atoms with van der Waals surface area (Å²) in [6, 6.07) is 33.8. The largest absolute Gasteiger partial charge is 0.457 e. The number of rotatable bonds is 5. The summed E-state index contributed by atoms with van der Waals surface area (Å²) in [5.74, 6) is 2.37. The van der Waals surface area contributed by atoms with Crippen LogP contribution in [0.4, 0.5) is 5.69 Å². The molecule has 7 rings (SSSR count). The lowest BCUT2D eigenvalue weighted by Gasteiger charge is -2.20. The van der Waals surface area contributed by atoms with Crippen molar-refractivity contribution in [1.82, 2.24) is 14.5 Å². The van der Waals surface area contributed by atoms with Gasteiger partial charge in [0.25, 0.3) is 0 Å². The Hall–Kier alpha value is -4.97. The van der Waals surface area contributed by atoms with Gasteiger partial charge in [-0.2, -0.15) is 0 Å². The van der Waals surface area contributed by atoms with Crippen LogP contribution in [0.5, 0.6) is 11.5 Å². The Morgan fingerprint density at radius 3 is 2.34 bits per heavy atom. The van der Waals surface area contributed by atoms with Crippen molar-refractivity contribution in [3.05, 3.63) is 121 Å². The van der Waals surface area contributed by atoms with Gasteiger partial charge in [0, 0.05) is 47.3 Å². The van der Waals surface area contributed by atoms with Crippen molar-refractivity contribution in [1.29, 1.82) is 0 Å². The molecule has 204 valence electrons. The molecule has 0 bridgehead atoms. The Kier molecular flexibility index (Phi) is 5.86. The number of aromatic nitrogens is 2. The lowest BCUT2D eigenvalue weighted by atomic mass is 9.94. The van der Waals surface area contributed by atoms with Gasteiger partial charge in [-0.1, -0.05) is 75.4 Å². The number of fused-ring (bicyclic) bond motifs is 3. The number of hydrogen-bond donors (Lipinski definition) is 0. The number of anilines is 1. The highest BCUT2D eigenvalue weighted by molar-refractivity contribution is 6.09. The van der Waals surface area contributed by atoms with Gasteiger partial charge in [-0.3, -0.25) is 4.57 Å². The lowest BCUT2D eigenvalue weighted by Crippen LogP contribution is -2.22. The summed E-state index contributed by atoms with van der Waals surface area (Å²) in [5, 5.41) is 2.27. The van der Waals surface area contributed by atoms with Gasteiger partial charge in [0.1, 0.15) is 17.3 Å². The standard InChI is InChI=1S/C35H32N4O2/c1-35(2,3)33-21-36-34(41-33)39-30-16-9-8-15-28(30)29-18-17-27(20-31(29)39)40-26-14-10-13-25(19-26)38-22-32(37(4)23-38)24-11-6-5-7-12-24/h5-22H,23H2,1-4H3. The summed E-state index contributed by atoms with van der Waals surface area (Å²) in [7, 11) is 2.12. The molecular weight excluding hydrogens is 508 g/mol. The van der Waals surface area contributed by atoms with E-state index in [1.807, 2.05) is 36.5 Å². The zero-order valence-electron chi connectivity index (χ0n) is 23.7. The molecule has 0 fully saturated rings. The van der Waals surface area contributed by atoms with Crippen LogP contribution in [0.2, 0.25) is 0 Å². The SMILES string of the molecule is CN1CN(c2cccc(Oc3ccc4c5ccccc5n(-c5ncc(C(C)(C)C)o5)c4c3)c2)C=C1c1ccccc1. The van der Waals surface area contributed by atoms with E-state index in [9.17, 15) is 0 Å². The Balaban J connectivity index is 1.24. The van der Waals surface area contributed by atoms with E-state index in [4.69, 9.17) is 9.15 Å². The Labute approximate surface area is 239 Å². The van der Waals surface area contributed by atoms with Crippen LogP contribution in [0.15, 0.2) is 114 Å². The molecule has 0 saturated carbocycles. The van der Waals surface area contributed by atoms with Gasteiger partial charge in [0.05, 0.1) is 29.6 Å². The molecule has 0 N–H and O–H groups in total. The minimum Gasteiger partial charge on any atom is -0.457 e. The van der Waals surface area contributed by atoms with Crippen molar-refractivity contribution in [3.8, 4) is 17.5 Å². The quantitative estimate of drug-likeness (QED) is 0.219. The molecule has 1 aliphatic rings. The Morgan fingerprint density at radius 2 is 1.54 bits per heavy atom. The maximum absolute atomic E-state index is 6.45. The van der Waals surface area contributed by atoms with E-state index in [1.54, 1.807) is 0 Å². The molecule has 1 aliphatic heterocycles. The van der Waals surface area contributed by atoms with Crippen molar-refractivity contribution in [2.75, 3.05) is 18.6 Å². The molecular formula is C35H32N4O2. The van der Waals surface area contributed by atoms with E-state index in [2.05, 4.69) is 120 Å². The third kappa shape index (κ3) is 4.51. The topological polar surface area (TPSA) is 46.7 Å². The first-order chi connectivity index (χ1) is 19.8. The molecule has 0 unspecified atom stereocenters. The number of nitrogens with zero attached hydrogens (tertiary/aromatic N) is 4. The molecule has 6 nitrogen and oxygen atoms in total. The van der Waals surface area contributed by atoms with E-state index in [-0.39, 0.29) is 5.41 Å². The number of ether oxygens (including phenoxy) is 1. The van der Waals surface area contributed by atoms with E-state index < -0.39 is 0 Å². The van der Waals surface area contributed by atoms with Crippen molar-refractivity contribution in [2.24, 2.45) is 0 Å². The van der Waals surface area contributed by atoms with E-state index in [0.717, 1.165) is 51.4 Å². The average Bonchev–Trinajstić information content (AvgIpc) is 3.69. The number of oxazole rings is 1. The highest BCUT2D eigenvalue weighted by Crippen LogP contribution is 2.37. The molecule has 0 saturated heterocycles. The molecule has 0 radical (unpaired) electrons. The minimum absolute atomic E-state index is 0.134. The zero-order chi connectivity index (χ0) is 28.1. The first kappa shape index (κ1) is 25.0. The monoisotopic (exact) mass is 540 g/mol. The molecule has 2 aromatic heterocycles. The Morgan fingerprint density at radius 1 is 0.780 bits per heavy atom. The van der Waals surface area contributed by atoms with Gasteiger partial charge in [0.2, 0.25) is 0 Å². The summed E-state index contributed by atoms with van der Waals surface area (Å²) < 4.78 is 14.8. The summed E-state index contributed by atoms with van der Waals surface area (Å²) in [6.07, 6.45) is 4.02. The smallest absolute Gasteiger partial charge is 0.306 e. The average molecular weight is 541 g/mol. The second-order valence-electron chi connectivity index (χ2n) is 11.6. The lowest BCUT2D eigenvalue weighted by molar-refractivity contribution is 0.401. The van der Waals surface area contributed by atoms with Crippen molar-refractivity contribution < 1.29 is 9.15 Å². The van der Waals surface area contributed by atoms with Crippen LogP contribution in [-0.4, -0.2) is 28.2 Å². The van der Waals surface area contributed by atoms with E-state index >= 15 is 0 Å². The van der Waals surface area contributed by atoms with E-state index in [1.165, 1.54) is 11.3 Å². The highest BCUT2D eigenvalue weighted by atomic mass is 16.5. The molecule has 0 atom stereocenters. The normalized spacial score (nSPS) is 13.8. The van der Waals surface area contributed by atoms with Crippen LogP contribution in [0.25, 0.3) is 33.5 Å². The van der Waals surface area contributed by atoms with Gasteiger partial charge in [-0.05, 0) is 35.9 Å². The van der Waals surface area contributed by atoms with Gasteiger partial charge in [-0.25, -0.2) is 4.98 Å². The fourth-order valence-electron chi connectivity index (χ4n) is 5.45. The molecule has 6 aromatic rings. The van der Waals surface area contributed by atoms with Gasteiger partial charge < -0.3 is 19.0 Å². The van der Waals surface area contributed by atoms with Crippen molar-refractivity contribution in [3.63, 3.8) is 0 Å². The molecule has 0 aliphatic carbocycles. The summed E-state index contributed by atoms with van der Waals surface area (Å²) >= 11 is 0. The van der Waals surface area contributed by atoms with Crippen molar-refractivity contribution >= 4 is 33.2 Å². The molecule has 0 amide bonds. The molecule has 41 heavy (non-hydrogen) atoms. The van der Waals surface area contributed by atoms with E-state index in [0.29, 0.717) is 6.01 Å². The van der Waals surface area contributed by atoms with Gasteiger partial charge in [0.15, 0.2) is 0 Å². The molecule has 3 heterocycles. The molecule has 0 spiro atoms. The predicted octanol–water partition coefficient (Wildman–Crippen LogP) is 8.57. The van der Waals surface area contributed by atoms with Crippen LogP contribution in [-0.2, 0) is 5.41 Å². The number of para-hydroxylation sites is 1.